The maximum absolute atomic E-state index is 13.5. The van der Waals surface area contributed by atoms with Crippen molar-refractivity contribution in [1.82, 2.24) is 4.90 Å². The van der Waals surface area contributed by atoms with Crippen LogP contribution in [0.25, 0.3) is 0 Å². The van der Waals surface area contributed by atoms with Crippen molar-refractivity contribution in [3.05, 3.63) is 100 Å². The number of fused-ring (bicyclic) bond motifs is 1. The first kappa shape index (κ1) is 20.1. The fourth-order valence-corrected chi connectivity index (χ4v) is 4.77. The zero-order chi connectivity index (χ0) is 21.5. The summed E-state index contributed by atoms with van der Waals surface area (Å²) < 4.78 is 0. The van der Waals surface area contributed by atoms with Crippen LogP contribution >= 0.6 is 23.2 Å². The lowest BCUT2D eigenvalue weighted by molar-refractivity contribution is -0.143. The Labute approximate surface area is 189 Å². The van der Waals surface area contributed by atoms with Crippen LogP contribution in [0, 0.1) is 5.92 Å². The van der Waals surface area contributed by atoms with Gasteiger partial charge in [-0.3, -0.25) is 19.3 Å². The van der Waals surface area contributed by atoms with Crippen molar-refractivity contribution in [2.75, 3.05) is 5.06 Å². The van der Waals surface area contributed by atoms with Gasteiger partial charge in [0.05, 0.1) is 18.3 Å². The molecule has 0 spiro atoms. The average molecular weight is 453 g/mol. The number of benzene rings is 3. The molecule has 0 unspecified atom stereocenters. The summed E-state index contributed by atoms with van der Waals surface area (Å²) in [4.78, 5) is 34.0. The van der Waals surface area contributed by atoms with E-state index in [-0.39, 0.29) is 18.4 Å². The number of halogens is 2. The highest BCUT2D eigenvalue weighted by Gasteiger charge is 2.60. The Kier molecular flexibility index (Phi) is 5.18. The zero-order valence-corrected chi connectivity index (χ0v) is 17.8. The molecule has 5 rings (SSSR count). The van der Waals surface area contributed by atoms with Gasteiger partial charge in [-0.15, -0.1) is 0 Å². The number of carbonyl (C=O) groups excluding carboxylic acids is 2. The van der Waals surface area contributed by atoms with E-state index in [0.717, 1.165) is 11.3 Å². The zero-order valence-electron chi connectivity index (χ0n) is 16.3. The molecule has 0 aromatic heterocycles. The number of rotatable bonds is 4. The fraction of sp³-hybridized carbons (Fsp3) is 0.167. The van der Waals surface area contributed by atoms with Crippen LogP contribution in [-0.4, -0.2) is 22.8 Å². The van der Waals surface area contributed by atoms with Gasteiger partial charge in [-0.2, -0.15) is 0 Å². The molecule has 2 heterocycles. The molecule has 0 N–H and O–H groups in total. The molecular weight excluding hydrogens is 435 g/mol. The number of nitrogens with zero attached hydrogens (tertiary/aromatic N) is 2. The molecule has 3 aromatic carbocycles. The number of likely N-dealkylation sites (tertiary alicyclic amines) is 1. The van der Waals surface area contributed by atoms with Crippen LogP contribution < -0.4 is 5.06 Å². The highest BCUT2D eigenvalue weighted by molar-refractivity contribution is 6.35. The molecule has 2 aliphatic rings. The quantitative estimate of drug-likeness (QED) is 0.520. The van der Waals surface area contributed by atoms with Gasteiger partial charge in [0.2, 0.25) is 5.91 Å². The maximum atomic E-state index is 13.5. The summed E-state index contributed by atoms with van der Waals surface area (Å²) in [5, 5.41) is 2.54. The molecule has 0 aliphatic carbocycles. The number of amides is 2. The van der Waals surface area contributed by atoms with Gasteiger partial charge in [0, 0.05) is 10.0 Å². The fourth-order valence-electron chi connectivity index (χ4n) is 4.25. The summed E-state index contributed by atoms with van der Waals surface area (Å²) in [6.45, 7) is 0.210. The predicted molar refractivity (Wildman–Crippen MR) is 118 cm³/mol. The monoisotopic (exact) mass is 452 g/mol. The number of hydroxylamine groups is 1. The van der Waals surface area contributed by atoms with Crippen LogP contribution in [0.4, 0.5) is 5.69 Å². The van der Waals surface area contributed by atoms with Gasteiger partial charge in [0.1, 0.15) is 5.92 Å². The Morgan fingerprint density at radius 2 is 1.52 bits per heavy atom. The molecule has 2 aliphatic heterocycles. The normalized spacial score (nSPS) is 22.8. The summed E-state index contributed by atoms with van der Waals surface area (Å²) in [6.07, 6.45) is -0.909. The predicted octanol–water partition coefficient (Wildman–Crippen LogP) is 5.04. The lowest BCUT2D eigenvalue weighted by Crippen LogP contribution is -2.37. The first-order valence-electron chi connectivity index (χ1n) is 9.90. The summed E-state index contributed by atoms with van der Waals surface area (Å²) in [5.74, 6) is -1.32. The Bertz CT molecular complexity index is 1140. The van der Waals surface area contributed by atoms with Gasteiger partial charge in [0.25, 0.3) is 5.91 Å². The second-order valence-electron chi connectivity index (χ2n) is 7.57. The number of para-hydroxylation sites is 1. The largest absolute Gasteiger partial charge is 0.275 e. The Morgan fingerprint density at radius 3 is 2.19 bits per heavy atom. The van der Waals surface area contributed by atoms with Crippen LogP contribution in [0.15, 0.2) is 78.9 Å². The van der Waals surface area contributed by atoms with Gasteiger partial charge in [-0.05, 0) is 35.4 Å². The van der Waals surface area contributed by atoms with Crippen molar-refractivity contribution in [1.29, 1.82) is 0 Å². The van der Waals surface area contributed by atoms with E-state index in [1.54, 1.807) is 23.3 Å². The van der Waals surface area contributed by atoms with Crippen molar-refractivity contribution < 1.29 is 14.4 Å². The van der Waals surface area contributed by atoms with Gasteiger partial charge >= 0.3 is 0 Å². The van der Waals surface area contributed by atoms with Crippen molar-refractivity contribution in [3.63, 3.8) is 0 Å². The highest BCUT2D eigenvalue weighted by atomic mass is 35.5. The Hall–Kier alpha value is -2.86. The van der Waals surface area contributed by atoms with E-state index < -0.39 is 18.1 Å². The Balaban J connectivity index is 1.55. The number of hydrogen-bond donors (Lipinski definition) is 0. The van der Waals surface area contributed by atoms with Crippen molar-refractivity contribution in [3.8, 4) is 0 Å². The van der Waals surface area contributed by atoms with E-state index in [0.29, 0.717) is 15.6 Å². The van der Waals surface area contributed by atoms with E-state index in [4.69, 9.17) is 28.0 Å². The molecule has 3 aromatic rings. The van der Waals surface area contributed by atoms with Crippen LogP contribution in [0.2, 0.25) is 10.0 Å². The standard InChI is InChI=1S/C24H18Cl2N2O3/c25-16-11-12-18(19(26)13-16)21-20-22(31-28(21)17-9-5-2-6-10-17)24(30)27(23(20)29)14-15-7-3-1-4-8-15/h1-13,20-22H,14H2/t20-,21+,22+/m1/s1. The molecule has 7 heteroatoms. The smallest absolute Gasteiger partial charge is 0.262 e. The highest BCUT2D eigenvalue weighted by Crippen LogP contribution is 2.48. The molecule has 2 saturated heterocycles. The minimum atomic E-state index is -0.909. The molecule has 31 heavy (non-hydrogen) atoms. The van der Waals surface area contributed by atoms with E-state index in [2.05, 4.69) is 0 Å². The molecule has 3 atom stereocenters. The number of imide groups is 1. The van der Waals surface area contributed by atoms with Crippen LogP contribution in [-0.2, 0) is 21.0 Å². The SMILES string of the molecule is O=C1[C@H]2[C@H](ON(c3ccccc3)[C@H]2c2ccc(Cl)cc2Cl)C(=O)N1Cc1ccccc1. The van der Waals surface area contributed by atoms with Crippen molar-refractivity contribution in [2.24, 2.45) is 5.92 Å². The summed E-state index contributed by atoms with van der Waals surface area (Å²) in [6, 6.07) is 23.4. The molecule has 5 nitrogen and oxygen atoms in total. The topological polar surface area (TPSA) is 49.9 Å². The second-order valence-corrected chi connectivity index (χ2v) is 8.42. The van der Waals surface area contributed by atoms with E-state index >= 15 is 0 Å². The van der Waals surface area contributed by atoms with E-state index in [9.17, 15) is 9.59 Å². The third-order valence-electron chi connectivity index (χ3n) is 5.68. The maximum Gasteiger partial charge on any atom is 0.262 e. The summed E-state index contributed by atoms with van der Waals surface area (Å²) in [5.41, 5.74) is 2.30. The Morgan fingerprint density at radius 1 is 0.839 bits per heavy atom. The molecule has 2 fully saturated rings. The summed E-state index contributed by atoms with van der Waals surface area (Å²) in [7, 11) is 0. The van der Waals surface area contributed by atoms with Gasteiger partial charge in [-0.25, -0.2) is 5.06 Å². The van der Waals surface area contributed by atoms with E-state index in [1.807, 2.05) is 60.7 Å². The lowest BCUT2D eigenvalue weighted by Gasteiger charge is -2.29. The molecular formula is C24H18Cl2N2O3. The third-order valence-corrected chi connectivity index (χ3v) is 6.24. The molecule has 156 valence electrons. The van der Waals surface area contributed by atoms with Gasteiger partial charge in [0.15, 0.2) is 6.10 Å². The van der Waals surface area contributed by atoms with E-state index in [1.165, 1.54) is 4.90 Å². The number of carbonyl (C=O) groups is 2. The lowest BCUT2D eigenvalue weighted by atomic mass is 9.90. The molecule has 0 saturated carbocycles. The minimum Gasteiger partial charge on any atom is -0.275 e. The summed E-state index contributed by atoms with van der Waals surface area (Å²) >= 11 is 12.6. The van der Waals surface area contributed by atoms with Crippen molar-refractivity contribution >= 4 is 40.7 Å². The van der Waals surface area contributed by atoms with Gasteiger partial charge in [-0.1, -0.05) is 77.8 Å². The molecule has 2 amide bonds. The van der Waals surface area contributed by atoms with Gasteiger partial charge < -0.3 is 0 Å². The van der Waals surface area contributed by atoms with Crippen LogP contribution in [0.5, 0.6) is 0 Å². The van der Waals surface area contributed by atoms with Crippen LogP contribution in [0.1, 0.15) is 17.2 Å². The first-order chi connectivity index (χ1) is 15.0. The number of anilines is 1. The van der Waals surface area contributed by atoms with Crippen LogP contribution in [0.3, 0.4) is 0 Å². The second kappa shape index (κ2) is 8.00. The first-order valence-corrected chi connectivity index (χ1v) is 10.7. The minimum absolute atomic E-state index is 0.210. The number of hydrogen-bond acceptors (Lipinski definition) is 4. The molecule has 0 radical (unpaired) electrons. The van der Waals surface area contributed by atoms with Crippen molar-refractivity contribution in [2.45, 2.75) is 18.7 Å². The third kappa shape index (κ3) is 3.49. The average Bonchev–Trinajstić information content (AvgIpc) is 3.27. The molecule has 0 bridgehead atoms.